The van der Waals surface area contributed by atoms with Crippen LogP contribution in [-0.4, -0.2) is 36.2 Å². The van der Waals surface area contributed by atoms with Crippen LogP contribution in [0, 0.1) is 0 Å². The number of hydrogen-bond donors (Lipinski definition) is 2. The van der Waals surface area contributed by atoms with Crippen LogP contribution in [0.5, 0.6) is 5.75 Å². The molecule has 2 heterocycles. The SMILES string of the molecule is C/C=C\C1=C(N)COc2ccc(C(C)(C)O)cc2/C1=C/CCN1CCC1. The maximum atomic E-state index is 10.4. The van der Waals surface area contributed by atoms with Gasteiger partial charge in [0.15, 0.2) is 0 Å². The highest BCUT2D eigenvalue weighted by molar-refractivity contribution is 5.86. The first-order valence-corrected chi connectivity index (χ1v) is 9.44. The Bertz CT molecular complexity index is 750. The average molecular weight is 354 g/mol. The molecule has 2 aliphatic rings. The first-order chi connectivity index (χ1) is 12.4. The van der Waals surface area contributed by atoms with Crippen LogP contribution in [0.25, 0.3) is 5.57 Å². The van der Waals surface area contributed by atoms with E-state index in [1.165, 1.54) is 19.5 Å². The summed E-state index contributed by atoms with van der Waals surface area (Å²) in [6.45, 7) is 9.44. The molecular formula is C22H30N2O2. The molecule has 0 saturated carbocycles. The van der Waals surface area contributed by atoms with Crippen LogP contribution in [0.4, 0.5) is 0 Å². The number of allylic oxidation sites excluding steroid dienone is 4. The highest BCUT2D eigenvalue weighted by Crippen LogP contribution is 2.38. The molecule has 1 aromatic rings. The molecule has 0 amide bonds. The molecule has 0 bridgehead atoms. The van der Waals surface area contributed by atoms with E-state index >= 15 is 0 Å². The van der Waals surface area contributed by atoms with Gasteiger partial charge in [-0.1, -0.05) is 24.3 Å². The van der Waals surface area contributed by atoms with Gasteiger partial charge in [0.2, 0.25) is 0 Å². The minimum absolute atomic E-state index is 0.373. The molecule has 0 unspecified atom stereocenters. The van der Waals surface area contributed by atoms with E-state index in [2.05, 4.69) is 17.1 Å². The Morgan fingerprint density at radius 3 is 2.69 bits per heavy atom. The van der Waals surface area contributed by atoms with Gasteiger partial charge < -0.3 is 20.5 Å². The normalized spacial score (nSPS) is 20.1. The van der Waals surface area contributed by atoms with Crippen LogP contribution in [0.2, 0.25) is 0 Å². The van der Waals surface area contributed by atoms with Gasteiger partial charge in [0.25, 0.3) is 0 Å². The van der Waals surface area contributed by atoms with Gasteiger partial charge in [0.1, 0.15) is 12.4 Å². The molecule has 140 valence electrons. The topological polar surface area (TPSA) is 58.7 Å². The predicted octanol–water partition coefficient (Wildman–Crippen LogP) is 3.57. The maximum absolute atomic E-state index is 10.4. The molecule has 0 radical (unpaired) electrons. The molecule has 0 aromatic heterocycles. The lowest BCUT2D eigenvalue weighted by Gasteiger charge is -2.30. The summed E-state index contributed by atoms with van der Waals surface area (Å²) in [4.78, 5) is 2.46. The van der Waals surface area contributed by atoms with Gasteiger partial charge in [-0.15, -0.1) is 0 Å². The van der Waals surface area contributed by atoms with E-state index in [9.17, 15) is 5.11 Å². The predicted molar refractivity (Wildman–Crippen MR) is 107 cm³/mol. The van der Waals surface area contributed by atoms with Gasteiger partial charge in [-0.05, 0) is 70.0 Å². The van der Waals surface area contributed by atoms with Crippen molar-refractivity contribution in [1.82, 2.24) is 4.90 Å². The highest BCUT2D eigenvalue weighted by atomic mass is 16.5. The van der Waals surface area contributed by atoms with E-state index in [1.54, 1.807) is 13.8 Å². The Hall–Kier alpha value is -2.04. The quantitative estimate of drug-likeness (QED) is 0.849. The van der Waals surface area contributed by atoms with Gasteiger partial charge in [-0.2, -0.15) is 0 Å². The molecule has 3 rings (SSSR count). The van der Waals surface area contributed by atoms with Crippen LogP contribution < -0.4 is 10.5 Å². The zero-order chi connectivity index (χ0) is 18.7. The third kappa shape index (κ3) is 4.02. The first-order valence-electron chi connectivity index (χ1n) is 9.44. The van der Waals surface area contributed by atoms with Crippen LogP contribution in [0.1, 0.15) is 44.7 Å². The third-order valence-corrected chi connectivity index (χ3v) is 5.07. The standard InChI is InChI=1S/C22H30N2O2/c1-4-7-18-17(8-5-11-24-12-6-13-24)19-14-16(22(2,3)25)9-10-21(19)26-15-20(18)23/h4,7-10,14,25H,5-6,11-13,15,23H2,1-3H3/b7-4-,17-8+. The number of hydrogen-bond acceptors (Lipinski definition) is 4. The molecular weight excluding hydrogens is 324 g/mol. The number of ether oxygens (including phenoxy) is 1. The van der Waals surface area contributed by atoms with Gasteiger partial charge in [-0.3, -0.25) is 0 Å². The number of aliphatic hydroxyl groups is 1. The van der Waals surface area contributed by atoms with Crippen molar-refractivity contribution in [2.24, 2.45) is 5.73 Å². The summed E-state index contributed by atoms with van der Waals surface area (Å²) in [5.74, 6) is 0.815. The van der Waals surface area contributed by atoms with Crippen molar-refractivity contribution in [3.8, 4) is 5.75 Å². The van der Waals surface area contributed by atoms with Crippen molar-refractivity contribution < 1.29 is 9.84 Å². The molecule has 1 saturated heterocycles. The Balaban J connectivity index is 2.03. The van der Waals surface area contributed by atoms with E-state index < -0.39 is 5.60 Å². The van der Waals surface area contributed by atoms with Crippen molar-refractivity contribution in [1.29, 1.82) is 0 Å². The Morgan fingerprint density at radius 2 is 2.08 bits per heavy atom. The summed E-state index contributed by atoms with van der Waals surface area (Å²) in [6.07, 6.45) is 8.60. The smallest absolute Gasteiger partial charge is 0.128 e. The lowest BCUT2D eigenvalue weighted by molar-refractivity contribution is 0.0785. The van der Waals surface area contributed by atoms with E-state index in [1.807, 2.05) is 31.2 Å². The Kier molecular flexibility index (Phi) is 5.54. The van der Waals surface area contributed by atoms with Gasteiger partial charge >= 0.3 is 0 Å². The van der Waals surface area contributed by atoms with Gasteiger partial charge in [0, 0.05) is 17.7 Å². The number of nitrogens with two attached hydrogens (primary N) is 1. The molecule has 4 nitrogen and oxygen atoms in total. The molecule has 1 aromatic carbocycles. The second-order valence-electron chi connectivity index (χ2n) is 7.60. The minimum atomic E-state index is -0.903. The number of rotatable bonds is 5. The third-order valence-electron chi connectivity index (χ3n) is 5.07. The maximum Gasteiger partial charge on any atom is 0.128 e. The summed E-state index contributed by atoms with van der Waals surface area (Å²) >= 11 is 0. The molecule has 2 aliphatic heterocycles. The Labute approximate surface area is 156 Å². The van der Waals surface area contributed by atoms with Gasteiger partial charge in [0.05, 0.1) is 11.3 Å². The zero-order valence-electron chi connectivity index (χ0n) is 16.1. The molecule has 26 heavy (non-hydrogen) atoms. The molecule has 4 heteroatoms. The summed E-state index contributed by atoms with van der Waals surface area (Å²) in [6, 6.07) is 5.90. The molecule has 0 aliphatic carbocycles. The fourth-order valence-electron chi connectivity index (χ4n) is 3.38. The molecule has 3 N–H and O–H groups in total. The van der Waals surface area contributed by atoms with Crippen molar-refractivity contribution in [3.05, 3.63) is 58.8 Å². The van der Waals surface area contributed by atoms with Crippen LogP contribution in [-0.2, 0) is 5.60 Å². The van der Waals surface area contributed by atoms with E-state index in [0.717, 1.165) is 46.7 Å². The average Bonchev–Trinajstić information content (AvgIpc) is 2.67. The summed E-state index contributed by atoms with van der Waals surface area (Å²) in [7, 11) is 0. The van der Waals surface area contributed by atoms with Crippen LogP contribution in [0.3, 0.4) is 0 Å². The fraction of sp³-hybridized carbons (Fsp3) is 0.455. The van der Waals surface area contributed by atoms with Crippen molar-refractivity contribution in [2.45, 2.75) is 39.2 Å². The first kappa shape index (κ1) is 18.7. The number of fused-ring (bicyclic) bond motifs is 1. The number of likely N-dealkylation sites (tertiary alicyclic amines) is 1. The second kappa shape index (κ2) is 7.68. The molecule has 1 fully saturated rings. The molecule has 0 spiro atoms. The molecule has 0 atom stereocenters. The lowest BCUT2D eigenvalue weighted by Crippen LogP contribution is -2.37. The van der Waals surface area contributed by atoms with Crippen molar-refractivity contribution in [3.63, 3.8) is 0 Å². The van der Waals surface area contributed by atoms with Gasteiger partial charge in [-0.25, -0.2) is 0 Å². The largest absolute Gasteiger partial charge is 0.487 e. The van der Waals surface area contributed by atoms with E-state index in [0.29, 0.717) is 6.61 Å². The monoisotopic (exact) mass is 354 g/mol. The minimum Gasteiger partial charge on any atom is -0.487 e. The lowest BCUT2D eigenvalue weighted by atomic mass is 9.90. The summed E-state index contributed by atoms with van der Waals surface area (Å²) in [5.41, 5.74) is 10.1. The van der Waals surface area contributed by atoms with Crippen LogP contribution >= 0.6 is 0 Å². The fourth-order valence-corrected chi connectivity index (χ4v) is 3.38. The highest BCUT2D eigenvalue weighted by Gasteiger charge is 2.23. The van der Waals surface area contributed by atoms with Crippen LogP contribution in [0.15, 0.2) is 47.7 Å². The second-order valence-corrected chi connectivity index (χ2v) is 7.60. The van der Waals surface area contributed by atoms with E-state index in [4.69, 9.17) is 10.5 Å². The van der Waals surface area contributed by atoms with Crippen molar-refractivity contribution >= 4 is 5.57 Å². The zero-order valence-corrected chi connectivity index (χ0v) is 16.1. The van der Waals surface area contributed by atoms with Crippen molar-refractivity contribution in [2.75, 3.05) is 26.2 Å². The number of benzene rings is 1. The van der Waals surface area contributed by atoms with E-state index in [-0.39, 0.29) is 0 Å². The summed E-state index contributed by atoms with van der Waals surface area (Å²) < 4.78 is 5.95. The number of nitrogens with zero attached hydrogens (tertiary/aromatic N) is 1. The summed E-state index contributed by atoms with van der Waals surface area (Å²) in [5, 5.41) is 10.4. The Morgan fingerprint density at radius 1 is 1.31 bits per heavy atom.